The van der Waals surface area contributed by atoms with E-state index in [0.29, 0.717) is 0 Å². The van der Waals surface area contributed by atoms with Crippen LogP contribution in [-0.4, -0.2) is 47.5 Å². The second kappa shape index (κ2) is 3.52. The second-order valence-electron chi connectivity index (χ2n) is 3.52. The first-order chi connectivity index (χ1) is 5.13. The van der Waals surface area contributed by atoms with Crippen molar-refractivity contribution in [3.63, 3.8) is 0 Å². The molecule has 3 nitrogen and oxygen atoms in total. The van der Waals surface area contributed by atoms with E-state index in [1.54, 1.807) is 0 Å². The van der Waals surface area contributed by atoms with Crippen LogP contribution in [0.25, 0.3) is 0 Å². The Morgan fingerprint density at radius 1 is 1.18 bits per heavy atom. The SMILES string of the molecule is CN(C)C1CCCC(O)[C@@H]1O. The van der Waals surface area contributed by atoms with Gasteiger partial charge < -0.3 is 15.1 Å². The topological polar surface area (TPSA) is 43.7 Å². The van der Waals surface area contributed by atoms with Gasteiger partial charge in [-0.3, -0.25) is 0 Å². The van der Waals surface area contributed by atoms with Crippen LogP contribution in [0, 0.1) is 0 Å². The van der Waals surface area contributed by atoms with Crippen LogP contribution < -0.4 is 0 Å². The van der Waals surface area contributed by atoms with Crippen LogP contribution >= 0.6 is 0 Å². The third-order valence-corrected chi connectivity index (χ3v) is 2.45. The van der Waals surface area contributed by atoms with E-state index in [9.17, 15) is 10.2 Å². The molecular weight excluding hydrogens is 142 g/mol. The molecule has 1 aliphatic rings. The molecule has 3 atom stereocenters. The van der Waals surface area contributed by atoms with Gasteiger partial charge in [0.1, 0.15) is 0 Å². The summed E-state index contributed by atoms with van der Waals surface area (Å²) in [6.07, 6.45) is 1.67. The molecule has 0 aromatic rings. The van der Waals surface area contributed by atoms with Gasteiger partial charge in [-0.05, 0) is 33.4 Å². The summed E-state index contributed by atoms with van der Waals surface area (Å²) in [6, 6.07) is 0.138. The molecule has 0 aliphatic heterocycles. The zero-order valence-electron chi connectivity index (χ0n) is 7.20. The van der Waals surface area contributed by atoms with Crippen LogP contribution in [-0.2, 0) is 0 Å². The third kappa shape index (κ3) is 1.92. The zero-order valence-corrected chi connectivity index (χ0v) is 7.20. The predicted octanol–water partition coefficient (Wildman–Crippen LogP) is -0.178. The minimum atomic E-state index is -0.557. The standard InChI is InChI=1S/C8H17NO2/c1-9(2)6-4-3-5-7(10)8(6)11/h6-8,10-11H,3-5H2,1-2H3/t6?,7?,8-/m1/s1. The Bertz CT molecular complexity index is 127. The summed E-state index contributed by atoms with van der Waals surface area (Å²) >= 11 is 0. The number of aliphatic hydroxyl groups is 2. The molecule has 0 aromatic carbocycles. The quantitative estimate of drug-likeness (QED) is 0.558. The molecule has 1 saturated carbocycles. The number of aliphatic hydroxyl groups excluding tert-OH is 2. The second-order valence-corrected chi connectivity index (χ2v) is 3.52. The highest BCUT2D eigenvalue weighted by Crippen LogP contribution is 2.21. The van der Waals surface area contributed by atoms with Gasteiger partial charge >= 0.3 is 0 Å². The highest BCUT2D eigenvalue weighted by atomic mass is 16.3. The Kier molecular flexibility index (Phi) is 2.87. The van der Waals surface area contributed by atoms with Crippen molar-refractivity contribution in [2.45, 2.75) is 37.5 Å². The van der Waals surface area contributed by atoms with E-state index in [2.05, 4.69) is 0 Å². The molecule has 1 fully saturated rings. The van der Waals surface area contributed by atoms with E-state index in [-0.39, 0.29) is 6.04 Å². The average molecular weight is 159 g/mol. The van der Waals surface area contributed by atoms with Gasteiger partial charge in [0.05, 0.1) is 12.2 Å². The maximum absolute atomic E-state index is 9.52. The molecule has 0 spiro atoms. The average Bonchev–Trinajstić information content (AvgIpc) is 1.94. The minimum absolute atomic E-state index is 0.138. The molecule has 0 bridgehead atoms. The first-order valence-electron chi connectivity index (χ1n) is 4.15. The van der Waals surface area contributed by atoms with E-state index in [0.717, 1.165) is 19.3 Å². The van der Waals surface area contributed by atoms with E-state index in [4.69, 9.17) is 0 Å². The fraction of sp³-hybridized carbons (Fsp3) is 1.00. The number of nitrogens with zero attached hydrogens (tertiary/aromatic N) is 1. The van der Waals surface area contributed by atoms with Crippen molar-refractivity contribution in [3.8, 4) is 0 Å². The molecule has 0 radical (unpaired) electrons. The van der Waals surface area contributed by atoms with Crippen molar-refractivity contribution in [2.75, 3.05) is 14.1 Å². The summed E-state index contributed by atoms with van der Waals surface area (Å²) in [5.74, 6) is 0. The molecule has 0 aromatic heterocycles. The van der Waals surface area contributed by atoms with Crippen molar-refractivity contribution in [1.82, 2.24) is 4.90 Å². The summed E-state index contributed by atoms with van der Waals surface area (Å²) in [4.78, 5) is 1.98. The van der Waals surface area contributed by atoms with Gasteiger partial charge in [0, 0.05) is 6.04 Å². The fourth-order valence-corrected chi connectivity index (χ4v) is 1.70. The van der Waals surface area contributed by atoms with Crippen LogP contribution in [0.5, 0.6) is 0 Å². The van der Waals surface area contributed by atoms with Gasteiger partial charge in [-0.1, -0.05) is 0 Å². The maximum Gasteiger partial charge on any atom is 0.0953 e. The van der Waals surface area contributed by atoms with E-state index >= 15 is 0 Å². The Hall–Kier alpha value is -0.120. The molecule has 2 unspecified atom stereocenters. The normalized spacial score (nSPS) is 39.5. The first kappa shape index (κ1) is 8.97. The van der Waals surface area contributed by atoms with Gasteiger partial charge in [-0.15, -0.1) is 0 Å². The molecule has 0 saturated heterocycles. The van der Waals surface area contributed by atoms with E-state index in [1.807, 2.05) is 19.0 Å². The molecule has 0 heterocycles. The van der Waals surface area contributed by atoms with Gasteiger partial charge in [0.15, 0.2) is 0 Å². The first-order valence-corrected chi connectivity index (χ1v) is 4.15. The van der Waals surface area contributed by atoms with Crippen molar-refractivity contribution in [2.24, 2.45) is 0 Å². The molecule has 2 N–H and O–H groups in total. The third-order valence-electron chi connectivity index (χ3n) is 2.45. The number of hydrogen-bond acceptors (Lipinski definition) is 3. The molecular formula is C8H17NO2. The molecule has 0 amide bonds. The van der Waals surface area contributed by atoms with Gasteiger partial charge in [-0.2, -0.15) is 0 Å². The maximum atomic E-state index is 9.52. The smallest absolute Gasteiger partial charge is 0.0953 e. The monoisotopic (exact) mass is 159 g/mol. The number of likely N-dealkylation sites (N-methyl/N-ethyl adjacent to an activating group) is 1. The zero-order chi connectivity index (χ0) is 8.43. The van der Waals surface area contributed by atoms with Crippen LogP contribution in [0.3, 0.4) is 0 Å². The summed E-state index contributed by atoms with van der Waals surface area (Å²) < 4.78 is 0. The summed E-state index contributed by atoms with van der Waals surface area (Å²) in [5.41, 5.74) is 0. The fourth-order valence-electron chi connectivity index (χ4n) is 1.70. The molecule has 3 heteroatoms. The van der Waals surface area contributed by atoms with Gasteiger partial charge in [-0.25, -0.2) is 0 Å². The predicted molar refractivity (Wildman–Crippen MR) is 43.3 cm³/mol. The molecule has 1 rings (SSSR count). The van der Waals surface area contributed by atoms with Crippen LogP contribution in [0.15, 0.2) is 0 Å². The van der Waals surface area contributed by atoms with Crippen molar-refractivity contribution >= 4 is 0 Å². The number of rotatable bonds is 1. The lowest BCUT2D eigenvalue weighted by molar-refractivity contribution is -0.0536. The summed E-state index contributed by atoms with van der Waals surface area (Å²) in [7, 11) is 3.87. The van der Waals surface area contributed by atoms with Crippen LogP contribution in [0.4, 0.5) is 0 Å². The Morgan fingerprint density at radius 2 is 1.82 bits per heavy atom. The minimum Gasteiger partial charge on any atom is -0.390 e. The van der Waals surface area contributed by atoms with Crippen LogP contribution in [0.1, 0.15) is 19.3 Å². The van der Waals surface area contributed by atoms with Crippen molar-refractivity contribution in [3.05, 3.63) is 0 Å². The van der Waals surface area contributed by atoms with Gasteiger partial charge in [0.25, 0.3) is 0 Å². The van der Waals surface area contributed by atoms with E-state index < -0.39 is 12.2 Å². The Morgan fingerprint density at radius 3 is 2.27 bits per heavy atom. The molecule has 66 valence electrons. The largest absolute Gasteiger partial charge is 0.390 e. The number of hydrogen-bond donors (Lipinski definition) is 2. The Balaban J connectivity index is 2.51. The lowest BCUT2D eigenvalue weighted by Crippen LogP contribution is -2.48. The highest BCUT2D eigenvalue weighted by Gasteiger charge is 2.31. The lowest BCUT2D eigenvalue weighted by Gasteiger charge is -2.35. The van der Waals surface area contributed by atoms with E-state index in [1.165, 1.54) is 0 Å². The van der Waals surface area contributed by atoms with Gasteiger partial charge in [0.2, 0.25) is 0 Å². The molecule has 11 heavy (non-hydrogen) atoms. The van der Waals surface area contributed by atoms with Crippen LogP contribution in [0.2, 0.25) is 0 Å². The van der Waals surface area contributed by atoms with Crippen molar-refractivity contribution in [1.29, 1.82) is 0 Å². The van der Waals surface area contributed by atoms with Crippen molar-refractivity contribution < 1.29 is 10.2 Å². The summed E-state index contributed by atoms with van der Waals surface area (Å²) in [6.45, 7) is 0. The summed E-state index contributed by atoms with van der Waals surface area (Å²) in [5, 5.41) is 18.8. The molecule has 1 aliphatic carbocycles. The highest BCUT2D eigenvalue weighted by molar-refractivity contribution is 4.85. The lowest BCUT2D eigenvalue weighted by atomic mass is 9.89. The Labute approximate surface area is 67.6 Å².